The number of thioether (sulfide) groups is 1. The smallest absolute Gasteiger partial charge is 0.315 e. The molecular formula is C10H12N2OS. The Morgan fingerprint density at radius 2 is 2.07 bits per heavy atom. The topological polar surface area (TPSA) is 41.1 Å². The van der Waals surface area contributed by atoms with Crippen LogP contribution >= 0.6 is 11.8 Å². The minimum absolute atomic E-state index is 0.0797. The molecule has 0 saturated carbocycles. The zero-order valence-electron chi connectivity index (χ0n) is 7.91. The fourth-order valence-electron chi connectivity index (χ4n) is 1.49. The van der Waals surface area contributed by atoms with Crippen molar-refractivity contribution < 1.29 is 4.79 Å². The van der Waals surface area contributed by atoms with Gasteiger partial charge in [-0.1, -0.05) is 12.1 Å². The highest BCUT2D eigenvalue weighted by molar-refractivity contribution is 7.98. The summed E-state index contributed by atoms with van der Waals surface area (Å²) in [6.45, 7) is 0.678. The molecule has 0 aliphatic carbocycles. The second-order valence-electron chi connectivity index (χ2n) is 3.18. The molecule has 0 spiro atoms. The normalized spacial score (nSPS) is 20.4. The first-order valence-electron chi connectivity index (χ1n) is 4.48. The Labute approximate surface area is 87.3 Å². The third-order valence-corrected chi connectivity index (χ3v) is 3.03. The molecule has 2 amide bonds. The maximum absolute atomic E-state index is 10.9. The van der Waals surface area contributed by atoms with E-state index in [1.807, 2.05) is 6.26 Å². The molecule has 2 rings (SSSR count). The Kier molecular flexibility index (Phi) is 2.63. The van der Waals surface area contributed by atoms with Crippen LogP contribution in [-0.4, -0.2) is 18.8 Å². The van der Waals surface area contributed by atoms with Crippen molar-refractivity contribution >= 4 is 17.8 Å². The van der Waals surface area contributed by atoms with Gasteiger partial charge in [-0.2, -0.15) is 0 Å². The van der Waals surface area contributed by atoms with Gasteiger partial charge in [-0.3, -0.25) is 0 Å². The molecule has 0 radical (unpaired) electrons. The van der Waals surface area contributed by atoms with Crippen molar-refractivity contribution in [1.82, 2.24) is 10.6 Å². The molecule has 0 unspecified atom stereocenters. The van der Waals surface area contributed by atoms with Crippen molar-refractivity contribution in [3.8, 4) is 0 Å². The number of hydrogen-bond acceptors (Lipinski definition) is 2. The summed E-state index contributed by atoms with van der Waals surface area (Å²) in [5, 5.41) is 5.59. The number of urea groups is 1. The minimum Gasteiger partial charge on any atom is -0.336 e. The standard InChI is InChI=1S/C10H12N2OS/c1-14-8-4-2-7(3-5-8)9-6-11-10(13)12-9/h2-5,9H,6H2,1H3,(H2,11,12,13)/t9-/m0/s1. The predicted octanol–water partition coefficient (Wildman–Crippen LogP) is 1.76. The van der Waals surface area contributed by atoms with Gasteiger partial charge in [0.25, 0.3) is 0 Å². The van der Waals surface area contributed by atoms with Crippen molar-refractivity contribution in [2.24, 2.45) is 0 Å². The first-order valence-corrected chi connectivity index (χ1v) is 5.70. The Balaban J connectivity index is 2.13. The van der Waals surface area contributed by atoms with Crippen LogP contribution in [0.5, 0.6) is 0 Å². The molecule has 0 bridgehead atoms. The Morgan fingerprint density at radius 3 is 2.57 bits per heavy atom. The molecule has 3 nitrogen and oxygen atoms in total. The molecule has 1 aromatic rings. The molecular weight excluding hydrogens is 196 g/mol. The van der Waals surface area contributed by atoms with Gasteiger partial charge in [0, 0.05) is 11.4 Å². The van der Waals surface area contributed by atoms with Crippen LogP contribution in [0.15, 0.2) is 29.2 Å². The third-order valence-electron chi connectivity index (χ3n) is 2.29. The maximum Gasteiger partial charge on any atom is 0.315 e. The van der Waals surface area contributed by atoms with E-state index in [-0.39, 0.29) is 12.1 Å². The van der Waals surface area contributed by atoms with E-state index < -0.39 is 0 Å². The van der Waals surface area contributed by atoms with E-state index in [0.717, 1.165) is 5.56 Å². The lowest BCUT2D eigenvalue weighted by Gasteiger charge is -2.08. The van der Waals surface area contributed by atoms with Gasteiger partial charge in [0.15, 0.2) is 0 Å². The van der Waals surface area contributed by atoms with Crippen molar-refractivity contribution in [3.63, 3.8) is 0 Å². The third kappa shape index (κ3) is 1.85. The largest absolute Gasteiger partial charge is 0.336 e. The van der Waals surface area contributed by atoms with Crippen molar-refractivity contribution in [2.75, 3.05) is 12.8 Å². The number of carbonyl (C=O) groups is 1. The first kappa shape index (κ1) is 9.40. The molecule has 14 heavy (non-hydrogen) atoms. The zero-order valence-corrected chi connectivity index (χ0v) is 8.73. The summed E-state index contributed by atoms with van der Waals surface area (Å²) in [5.74, 6) is 0. The SMILES string of the molecule is CSc1ccc([C@@H]2CNC(=O)N2)cc1. The summed E-state index contributed by atoms with van der Waals surface area (Å²) in [4.78, 5) is 12.2. The van der Waals surface area contributed by atoms with E-state index in [2.05, 4.69) is 34.9 Å². The lowest BCUT2D eigenvalue weighted by molar-refractivity contribution is 0.247. The fourth-order valence-corrected chi connectivity index (χ4v) is 1.90. The van der Waals surface area contributed by atoms with E-state index >= 15 is 0 Å². The lowest BCUT2D eigenvalue weighted by atomic mass is 10.1. The molecule has 4 heteroatoms. The van der Waals surface area contributed by atoms with Crippen LogP contribution in [0.2, 0.25) is 0 Å². The minimum atomic E-state index is -0.0797. The molecule has 1 aromatic carbocycles. The van der Waals surface area contributed by atoms with E-state index in [1.54, 1.807) is 11.8 Å². The van der Waals surface area contributed by atoms with Crippen molar-refractivity contribution in [1.29, 1.82) is 0 Å². The number of rotatable bonds is 2. The van der Waals surface area contributed by atoms with Gasteiger partial charge >= 0.3 is 6.03 Å². The van der Waals surface area contributed by atoms with Gasteiger partial charge in [0.05, 0.1) is 6.04 Å². The van der Waals surface area contributed by atoms with Gasteiger partial charge in [-0.25, -0.2) is 4.79 Å². The molecule has 1 heterocycles. The molecule has 1 aliphatic rings. The van der Waals surface area contributed by atoms with Gasteiger partial charge < -0.3 is 10.6 Å². The van der Waals surface area contributed by atoms with Crippen LogP contribution in [0, 0.1) is 0 Å². The number of hydrogen-bond donors (Lipinski definition) is 2. The van der Waals surface area contributed by atoms with Crippen LogP contribution < -0.4 is 10.6 Å². The van der Waals surface area contributed by atoms with Gasteiger partial charge in [0.1, 0.15) is 0 Å². The molecule has 1 aliphatic heterocycles. The highest BCUT2D eigenvalue weighted by Gasteiger charge is 2.20. The van der Waals surface area contributed by atoms with Crippen molar-refractivity contribution in [3.05, 3.63) is 29.8 Å². The molecule has 1 fully saturated rings. The van der Waals surface area contributed by atoms with E-state index in [4.69, 9.17) is 0 Å². The highest BCUT2D eigenvalue weighted by atomic mass is 32.2. The van der Waals surface area contributed by atoms with Gasteiger partial charge in [0.2, 0.25) is 0 Å². The number of nitrogens with one attached hydrogen (secondary N) is 2. The van der Waals surface area contributed by atoms with Crippen molar-refractivity contribution in [2.45, 2.75) is 10.9 Å². The van der Waals surface area contributed by atoms with Crippen LogP contribution in [0.25, 0.3) is 0 Å². The zero-order chi connectivity index (χ0) is 9.97. The first-order chi connectivity index (χ1) is 6.79. The summed E-state index contributed by atoms with van der Waals surface area (Å²) in [7, 11) is 0. The fraction of sp³-hybridized carbons (Fsp3) is 0.300. The van der Waals surface area contributed by atoms with Gasteiger partial charge in [-0.15, -0.1) is 11.8 Å². The molecule has 1 saturated heterocycles. The van der Waals surface area contributed by atoms with Gasteiger partial charge in [-0.05, 0) is 24.0 Å². The molecule has 1 atom stereocenters. The Hall–Kier alpha value is -1.16. The second-order valence-corrected chi connectivity index (χ2v) is 4.06. The lowest BCUT2D eigenvalue weighted by Crippen LogP contribution is -2.21. The average Bonchev–Trinajstić information content (AvgIpc) is 2.65. The average molecular weight is 208 g/mol. The summed E-state index contributed by atoms with van der Waals surface area (Å²) in [6.07, 6.45) is 2.05. The molecule has 2 N–H and O–H groups in total. The monoisotopic (exact) mass is 208 g/mol. The van der Waals surface area contributed by atoms with Crippen LogP contribution in [0.1, 0.15) is 11.6 Å². The maximum atomic E-state index is 10.9. The van der Waals surface area contributed by atoms with E-state index in [1.165, 1.54) is 4.90 Å². The number of benzene rings is 1. The Morgan fingerprint density at radius 1 is 1.36 bits per heavy atom. The summed E-state index contributed by atoms with van der Waals surface area (Å²) < 4.78 is 0. The molecule has 0 aromatic heterocycles. The molecule has 74 valence electrons. The number of carbonyl (C=O) groups excluding carboxylic acids is 1. The summed E-state index contributed by atoms with van der Waals surface area (Å²) in [6, 6.07) is 8.31. The van der Waals surface area contributed by atoms with Crippen LogP contribution in [-0.2, 0) is 0 Å². The predicted molar refractivity (Wildman–Crippen MR) is 57.5 cm³/mol. The van der Waals surface area contributed by atoms with E-state index in [0.29, 0.717) is 6.54 Å². The summed E-state index contributed by atoms with van der Waals surface area (Å²) >= 11 is 1.72. The van der Waals surface area contributed by atoms with Crippen LogP contribution in [0.3, 0.4) is 0 Å². The highest BCUT2D eigenvalue weighted by Crippen LogP contribution is 2.20. The summed E-state index contributed by atoms with van der Waals surface area (Å²) in [5.41, 5.74) is 1.15. The van der Waals surface area contributed by atoms with E-state index in [9.17, 15) is 4.79 Å². The number of amides is 2. The second kappa shape index (κ2) is 3.92. The van der Waals surface area contributed by atoms with Crippen LogP contribution in [0.4, 0.5) is 4.79 Å². The quantitative estimate of drug-likeness (QED) is 0.727. The Bertz CT molecular complexity index is 336.